The lowest BCUT2D eigenvalue weighted by molar-refractivity contribution is 1.63. The molecule has 0 atom stereocenters. The van der Waals surface area contributed by atoms with Crippen molar-refractivity contribution in [2.24, 2.45) is 0 Å². The number of hydrogen-bond acceptors (Lipinski definition) is 0. The number of rotatable bonds is 6. The number of benzene rings is 3. The van der Waals surface area contributed by atoms with Crippen molar-refractivity contribution in [2.75, 3.05) is 0 Å². The number of hydrogen-bond donors (Lipinski definition) is 0. The van der Waals surface area contributed by atoms with E-state index < -0.39 is 0 Å². The van der Waals surface area contributed by atoms with Gasteiger partial charge in [-0.2, -0.15) is 0 Å². The van der Waals surface area contributed by atoms with E-state index >= 15 is 0 Å². The molecule has 0 radical (unpaired) electrons. The molecule has 0 saturated heterocycles. The molecule has 3 rings (SSSR count). The second-order valence-electron chi connectivity index (χ2n) is 5.92. The van der Waals surface area contributed by atoms with Crippen molar-refractivity contribution < 1.29 is 0 Å². The van der Waals surface area contributed by atoms with E-state index in [0.29, 0.717) is 0 Å². The van der Waals surface area contributed by atoms with Gasteiger partial charge in [0.15, 0.2) is 0 Å². The monoisotopic (exact) mass is 334 g/mol. The van der Waals surface area contributed by atoms with Crippen molar-refractivity contribution in [2.45, 2.75) is 0 Å². The molecule has 0 bridgehead atoms. The molecule has 3 aromatic rings. The Morgan fingerprint density at radius 3 is 1.27 bits per heavy atom. The summed E-state index contributed by atoms with van der Waals surface area (Å²) in [4.78, 5) is 0. The maximum Gasteiger partial charge on any atom is -0.0256 e. The largest absolute Gasteiger partial charge is 0.0622 e. The summed E-state index contributed by atoms with van der Waals surface area (Å²) in [6.45, 7) is 0. The van der Waals surface area contributed by atoms with Crippen molar-refractivity contribution in [3.05, 3.63) is 138 Å². The average molecular weight is 334 g/mol. The third-order valence-corrected chi connectivity index (χ3v) is 3.91. The van der Waals surface area contributed by atoms with Gasteiger partial charge in [0.25, 0.3) is 0 Å². The Morgan fingerprint density at radius 2 is 0.846 bits per heavy atom. The van der Waals surface area contributed by atoms with Gasteiger partial charge in [-0.3, -0.25) is 0 Å². The quantitative estimate of drug-likeness (QED) is 0.424. The van der Waals surface area contributed by atoms with Crippen LogP contribution in [0.2, 0.25) is 0 Å². The van der Waals surface area contributed by atoms with E-state index in [-0.39, 0.29) is 0 Å². The molecule has 0 spiro atoms. The van der Waals surface area contributed by atoms with Crippen LogP contribution in [0.1, 0.15) is 16.7 Å². The smallest absolute Gasteiger partial charge is 0.0256 e. The minimum Gasteiger partial charge on any atom is -0.0622 e. The predicted molar refractivity (Wildman–Crippen MR) is 115 cm³/mol. The molecule has 0 nitrogen and oxygen atoms in total. The molecular formula is C26H22. The minimum absolute atomic E-state index is 1.14. The first-order chi connectivity index (χ1) is 12.9. The van der Waals surface area contributed by atoms with E-state index in [1.165, 1.54) is 16.7 Å². The van der Waals surface area contributed by atoms with Crippen LogP contribution in [0.4, 0.5) is 0 Å². The molecule has 0 aromatic heterocycles. The van der Waals surface area contributed by atoms with E-state index in [1.54, 1.807) is 0 Å². The van der Waals surface area contributed by atoms with Gasteiger partial charge < -0.3 is 0 Å². The number of allylic oxidation sites excluding steroid dienone is 5. The molecule has 0 heteroatoms. The third kappa shape index (κ3) is 5.92. The van der Waals surface area contributed by atoms with Crippen LogP contribution >= 0.6 is 0 Å². The summed E-state index contributed by atoms with van der Waals surface area (Å²) < 4.78 is 0. The second-order valence-corrected chi connectivity index (χ2v) is 5.92. The standard InChI is InChI=1S/C26H22/c1-4-11-23(12-5-1)17-10-18-26(21-19-24-13-6-2-7-14-24)22-20-25-15-8-3-9-16-25/h1-22H/b17-10-,21-19+,22-20+. The van der Waals surface area contributed by atoms with E-state index in [2.05, 4.69) is 115 Å². The Morgan fingerprint density at radius 1 is 0.462 bits per heavy atom. The van der Waals surface area contributed by atoms with Gasteiger partial charge in [0.05, 0.1) is 0 Å². The van der Waals surface area contributed by atoms with Crippen LogP contribution in [0.5, 0.6) is 0 Å². The fraction of sp³-hybridized carbons (Fsp3) is 0. The highest BCUT2D eigenvalue weighted by Gasteiger charge is 1.89. The summed E-state index contributed by atoms with van der Waals surface area (Å²) in [6, 6.07) is 31.0. The van der Waals surface area contributed by atoms with Crippen molar-refractivity contribution in [1.29, 1.82) is 0 Å². The second kappa shape index (κ2) is 9.80. The maximum atomic E-state index is 2.14. The summed E-state index contributed by atoms with van der Waals surface area (Å²) in [5.74, 6) is 0. The van der Waals surface area contributed by atoms with Crippen LogP contribution in [0.3, 0.4) is 0 Å². The summed E-state index contributed by atoms with van der Waals surface area (Å²) in [7, 11) is 0. The van der Waals surface area contributed by atoms with E-state index in [4.69, 9.17) is 0 Å². The van der Waals surface area contributed by atoms with Crippen molar-refractivity contribution >= 4 is 18.2 Å². The van der Waals surface area contributed by atoms with Crippen LogP contribution in [-0.2, 0) is 0 Å². The average Bonchev–Trinajstić information content (AvgIpc) is 2.72. The highest BCUT2D eigenvalue weighted by Crippen LogP contribution is 2.11. The SMILES string of the molecule is C(/C=C\c1ccccc1)=C(/C=C/c1ccccc1)/C=C/c1ccccc1. The molecule has 0 aliphatic carbocycles. The maximum absolute atomic E-state index is 2.14. The molecule has 0 amide bonds. The Hall–Kier alpha value is -3.38. The lowest BCUT2D eigenvalue weighted by Crippen LogP contribution is -1.75. The van der Waals surface area contributed by atoms with Crippen molar-refractivity contribution in [3.63, 3.8) is 0 Å². The predicted octanol–water partition coefficient (Wildman–Crippen LogP) is 7.05. The molecule has 126 valence electrons. The minimum atomic E-state index is 1.14. The molecule has 26 heavy (non-hydrogen) atoms. The molecule has 0 N–H and O–H groups in total. The summed E-state index contributed by atoms with van der Waals surface area (Å²) in [5, 5.41) is 0. The van der Waals surface area contributed by atoms with E-state index in [1.807, 2.05) is 18.2 Å². The van der Waals surface area contributed by atoms with Crippen LogP contribution in [0.15, 0.2) is 121 Å². The molecule has 3 aromatic carbocycles. The topological polar surface area (TPSA) is 0 Å². The molecule has 0 aliphatic rings. The first-order valence-electron chi connectivity index (χ1n) is 8.80. The molecule has 0 heterocycles. The van der Waals surface area contributed by atoms with Gasteiger partial charge in [0.1, 0.15) is 0 Å². The van der Waals surface area contributed by atoms with E-state index in [9.17, 15) is 0 Å². The highest BCUT2D eigenvalue weighted by molar-refractivity contribution is 5.61. The lowest BCUT2D eigenvalue weighted by atomic mass is 10.1. The zero-order valence-corrected chi connectivity index (χ0v) is 14.7. The van der Waals surface area contributed by atoms with Gasteiger partial charge in [-0.15, -0.1) is 0 Å². The van der Waals surface area contributed by atoms with Gasteiger partial charge in [-0.25, -0.2) is 0 Å². The Balaban J connectivity index is 1.80. The molecule has 0 fully saturated rings. The van der Waals surface area contributed by atoms with Gasteiger partial charge in [-0.1, -0.05) is 134 Å². The summed E-state index contributed by atoms with van der Waals surface area (Å²) in [6.07, 6.45) is 14.9. The first-order valence-corrected chi connectivity index (χ1v) is 8.80. The molecule has 0 aliphatic heterocycles. The van der Waals surface area contributed by atoms with Crippen molar-refractivity contribution in [3.8, 4) is 0 Å². The van der Waals surface area contributed by atoms with Crippen LogP contribution in [-0.4, -0.2) is 0 Å². The fourth-order valence-corrected chi connectivity index (χ4v) is 2.51. The summed E-state index contributed by atoms with van der Waals surface area (Å²) in [5.41, 5.74) is 4.73. The van der Waals surface area contributed by atoms with Crippen molar-refractivity contribution in [1.82, 2.24) is 0 Å². The zero-order chi connectivity index (χ0) is 17.9. The van der Waals surface area contributed by atoms with Gasteiger partial charge >= 0.3 is 0 Å². The van der Waals surface area contributed by atoms with Gasteiger partial charge in [0.2, 0.25) is 0 Å². The fourth-order valence-electron chi connectivity index (χ4n) is 2.51. The lowest BCUT2D eigenvalue weighted by Gasteiger charge is -1.96. The Bertz CT molecular complexity index is 845. The van der Waals surface area contributed by atoms with Crippen LogP contribution < -0.4 is 0 Å². The van der Waals surface area contributed by atoms with E-state index in [0.717, 1.165) is 5.57 Å². The van der Waals surface area contributed by atoms with Crippen LogP contribution in [0.25, 0.3) is 18.2 Å². The molecule has 0 unspecified atom stereocenters. The molecular weight excluding hydrogens is 312 g/mol. The first kappa shape index (κ1) is 17.4. The zero-order valence-electron chi connectivity index (χ0n) is 14.7. The summed E-state index contributed by atoms with van der Waals surface area (Å²) >= 11 is 0. The normalized spacial score (nSPS) is 11.4. The Labute approximate surface area is 156 Å². The van der Waals surface area contributed by atoms with Gasteiger partial charge in [-0.05, 0) is 22.3 Å². The van der Waals surface area contributed by atoms with Crippen LogP contribution in [0, 0.1) is 0 Å². The molecule has 0 saturated carbocycles. The highest BCUT2D eigenvalue weighted by atomic mass is 13.9. The Kier molecular flexibility index (Phi) is 6.58. The van der Waals surface area contributed by atoms with Gasteiger partial charge in [0, 0.05) is 0 Å². The third-order valence-electron chi connectivity index (χ3n) is 3.91.